The van der Waals surface area contributed by atoms with Crippen molar-refractivity contribution in [2.75, 3.05) is 0 Å². The molecule has 0 amide bonds. The molecule has 8 atom stereocenters. The van der Waals surface area contributed by atoms with Gasteiger partial charge in [0.1, 0.15) is 17.1 Å². The molecule has 1 heterocycles. The molecule has 2 N–H and O–H groups in total. The van der Waals surface area contributed by atoms with E-state index in [1.807, 2.05) is 6.08 Å². The van der Waals surface area contributed by atoms with Crippen molar-refractivity contribution in [3.63, 3.8) is 0 Å². The van der Waals surface area contributed by atoms with Gasteiger partial charge in [-0.2, -0.15) is 0 Å². The number of aliphatic hydroxyl groups is 2. The first-order chi connectivity index (χ1) is 11.2. The summed E-state index contributed by atoms with van der Waals surface area (Å²) < 4.78 is 5.31. The van der Waals surface area contributed by atoms with Gasteiger partial charge in [0.05, 0.1) is 6.10 Å². The Labute approximate surface area is 143 Å². The Balaban J connectivity index is 1.83. The number of hydrogen-bond donors (Lipinski definition) is 2. The van der Waals surface area contributed by atoms with Crippen LogP contribution in [-0.2, 0) is 9.53 Å². The third-order valence-corrected chi connectivity index (χ3v) is 8.23. The Hall–Kier alpha value is -1.13. The second-order valence-corrected chi connectivity index (χ2v) is 8.77. The Bertz CT molecular complexity index is 640. The molecule has 1 aliphatic heterocycles. The van der Waals surface area contributed by atoms with Crippen LogP contribution in [0.5, 0.6) is 0 Å². The zero-order valence-corrected chi connectivity index (χ0v) is 14.8. The maximum Gasteiger partial charge on any atom is 0.318 e. The summed E-state index contributed by atoms with van der Waals surface area (Å²) in [5.41, 5.74) is -1.66. The molecule has 0 bridgehead atoms. The number of fused-ring (bicyclic) bond motifs is 5. The number of carbonyl (C=O) groups excluding carboxylic acids is 1. The van der Waals surface area contributed by atoms with E-state index in [1.165, 1.54) is 5.57 Å². The van der Waals surface area contributed by atoms with Crippen LogP contribution in [0.15, 0.2) is 24.3 Å². The number of ether oxygens (including phenoxy) is 1. The summed E-state index contributed by atoms with van der Waals surface area (Å²) in [5.74, 6) is 0.524. The Morgan fingerprint density at radius 2 is 2.12 bits per heavy atom. The zero-order valence-electron chi connectivity index (χ0n) is 14.8. The molecule has 1 saturated heterocycles. The highest BCUT2D eigenvalue weighted by molar-refractivity contribution is 5.85. The van der Waals surface area contributed by atoms with Gasteiger partial charge in [-0.05, 0) is 55.9 Å². The SMILES string of the molecule is C=CC1=CC[C@H]2[C@@H](C[C@@H](O)[C@@]3(O)[C@@]4(C)C(=O)O[C@H]4CC[C@]23C)[C@H]1C. The van der Waals surface area contributed by atoms with Gasteiger partial charge >= 0.3 is 5.97 Å². The van der Waals surface area contributed by atoms with Gasteiger partial charge in [-0.15, -0.1) is 0 Å². The van der Waals surface area contributed by atoms with Crippen LogP contribution < -0.4 is 0 Å². The second kappa shape index (κ2) is 4.73. The van der Waals surface area contributed by atoms with E-state index < -0.39 is 22.5 Å². The van der Waals surface area contributed by atoms with Crippen LogP contribution in [0.1, 0.15) is 46.5 Å². The van der Waals surface area contributed by atoms with E-state index in [0.29, 0.717) is 18.3 Å². The molecule has 24 heavy (non-hydrogen) atoms. The van der Waals surface area contributed by atoms with E-state index in [9.17, 15) is 15.0 Å². The maximum atomic E-state index is 12.3. The predicted molar refractivity (Wildman–Crippen MR) is 89.9 cm³/mol. The van der Waals surface area contributed by atoms with Crippen molar-refractivity contribution >= 4 is 5.97 Å². The lowest BCUT2D eigenvalue weighted by Crippen LogP contribution is -2.81. The monoisotopic (exact) mass is 332 g/mol. The number of allylic oxidation sites excluding steroid dienone is 3. The third kappa shape index (κ3) is 1.51. The summed E-state index contributed by atoms with van der Waals surface area (Å²) in [6, 6.07) is 0. The van der Waals surface area contributed by atoms with Crippen LogP contribution in [-0.4, -0.2) is 34.0 Å². The van der Waals surface area contributed by atoms with Crippen molar-refractivity contribution in [2.24, 2.45) is 28.6 Å². The second-order valence-electron chi connectivity index (χ2n) is 8.77. The largest absolute Gasteiger partial charge is 0.460 e. The van der Waals surface area contributed by atoms with Crippen molar-refractivity contribution in [3.8, 4) is 0 Å². The molecule has 0 unspecified atom stereocenters. The molecule has 0 aromatic rings. The molecule has 0 spiro atoms. The lowest BCUT2D eigenvalue weighted by Gasteiger charge is -2.70. The first kappa shape index (κ1) is 16.3. The van der Waals surface area contributed by atoms with E-state index in [-0.39, 0.29) is 18.0 Å². The van der Waals surface area contributed by atoms with Crippen LogP contribution in [0.25, 0.3) is 0 Å². The first-order valence-corrected chi connectivity index (χ1v) is 9.15. The number of aliphatic hydroxyl groups excluding tert-OH is 1. The molecule has 0 aromatic heterocycles. The fourth-order valence-electron chi connectivity index (χ4n) is 6.62. The van der Waals surface area contributed by atoms with Crippen LogP contribution in [0.2, 0.25) is 0 Å². The fourth-order valence-corrected chi connectivity index (χ4v) is 6.62. The van der Waals surface area contributed by atoms with E-state index in [2.05, 4.69) is 26.5 Å². The lowest BCUT2D eigenvalue weighted by atomic mass is 9.39. The summed E-state index contributed by atoms with van der Waals surface area (Å²) in [7, 11) is 0. The molecule has 0 aromatic carbocycles. The molecule has 4 heteroatoms. The molecule has 132 valence electrons. The van der Waals surface area contributed by atoms with Gasteiger partial charge < -0.3 is 14.9 Å². The highest BCUT2D eigenvalue weighted by Crippen LogP contribution is 2.69. The highest BCUT2D eigenvalue weighted by atomic mass is 16.6. The van der Waals surface area contributed by atoms with Crippen LogP contribution in [0.4, 0.5) is 0 Å². The van der Waals surface area contributed by atoms with Crippen LogP contribution in [0, 0.1) is 28.6 Å². The number of carbonyl (C=O) groups is 1. The molecule has 2 saturated carbocycles. The molecular formula is C20H28O4. The molecule has 3 fully saturated rings. The van der Waals surface area contributed by atoms with Crippen molar-refractivity contribution in [1.82, 2.24) is 0 Å². The molecule has 0 radical (unpaired) electrons. The quantitative estimate of drug-likeness (QED) is 0.724. The first-order valence-electron chi connectivity index (χ1n) is 9.15. The number of rotatable bonds is 1. The average molecular weight is 332 g/mol. The molecule has 4 nitrogen and oxygen atoms in total. The van der Waals surface area contributed by atoms with Gasteiger partial charge in [0, 0.05) is 5.41 Å². The summed E-state index contributed by atoms with van der Waals surface area (Å²) >= 11 is 0. The summed E-state index contributed by atoms with van der Waals surface area (Å²) in [4.78, 5) is 12.3. The van der Waals surface area contributed by atoms with Crippen molar-refractivity contribution in [2.45, 2.75) is 64.3 Å². The standard InChI is InChI=1S/C20H28O4/c1-5-12-6-7-14-13(11(12)2)10-15(21)20(23)18(14,3)9-8-16-19(20,4)17(22)24-16/h5-6,11,13-16,21,23H,1,7-10H2,2-4H3/t11-,13-,14-,15+,16-,18+,19+,20-/m0/s1. The molecule has 3 aliphatic carbocycles. The summed E-state index contributed by atoms with van der Waals surface area (Å²) in [6.45, 7) is 9.98. The normalized spacial score (nSPS) is 56.0. The Morgan fingerprint density at radius 3 is 2.75 bits per heavy atom. The minimum absolute atomic E-state index is 0.260. The van der Waals surface area contributed by atoms with Gasteiger partial charge in [0.25, 0.3) is 0 Å². The van der Waals surface area contributed by atoms with Crippen molar-refractivity contribution in [3.05, 3.63) is 24.3 Å². The zero-order chi connectivity index (χ0) is 17.5. The summed E-state index contributed by atoms with van der Waals surface area (Å²) in [5, 5.41) is 22.8. The van der Waals surface area contributed by atoms with E-state index in [1.54, 1.807) is 6.92 Å². The number of esters is 1. The highest BCUT2D eigenvalue weighted by Gasteiger charge is 2.79. The van der Waals surface area contributed by atoms with Crippen LogP contribution in [0.3, 0.4) is 0 Å². The molecular weight excluding hydrogens is 304 g/mol. The Kier molecular flexibility index (Phi) is 3.22. The maximum absolute atomic E-state index is 12.3. The fraction of sp³-hybridized carbons (Fsp3) is 0.750. The Morgan fingerprint density at radius 1 is 1.42 bits per heavy atom. The van der Waals surface area contributed by atoms with Gasteiger partial charge in [0.2, 0.25) is 0 Å². The molecule has 4 aliphatic rings. The van der Waals surface area contributed by atoms with Gasteiger partial charge in [-0.1, -0.05) is 32.6 Å². The minimum atomic E-state index is -1.42. The van der Waals surface area contributed by atoms with Crippen molar-refractivity contribution in [1.29, 1.82) is 0 Å². The third-order valence-electron chi connectivity index (χ3n) is 8.23. The predicted octanol–water partition coefficient (Wildman–Crippen LogP) is 2.60. The van der Waals surface area contributed by atoms with E-state index in [4.69, 9.17) is 4.74 Å². The van der Waals surface area contributed by atoms with E-state index >= 15 is 0 Å². The number of hydrogen-bond acceptors (Lipinski definition) is 4. The average Bonchev–Trinajstić information content (AvgIpc) is 2.56. The smallest absolute Gasteiger partial charge is 0.318 e. The topological polar surface area (TPSA) is 66.8 Å². The summed E-state index contributed by atoms with van der Waals surface area (Å²) in [6.07, 6.45) is 5.91. The van der Waals surface area contributed by atoms with E-state index in [0.717, 1.165) is 19.3 Å². The van der Waals surface area contributed by atoms with Crippen LogP contribution >= 0.6 is 0 Å². The lowest BCUT2D eigenvalue weighted by molar-refractivity contribution is -0.339. The minimum Gasteiger partial charge on any atom is -0.460 e. The van der Waals surface area contributed by atoms with Gasteiger partial charge in [0.15, 0.2) is 0 Å². The molecule has 4 rings (SSSR count). The van der Waals surface area contributed by atoms with Gasteiger partial charge in [-0.3, -0.25) is 4.79 Å². The van der Waals surface area contributed by atoms with Gasteiger partial charge in [-0.25, -0.2) is 0 Å². The van der Waals surface area contributed by atoms with Crippen molar-refractivity contribution < 1.29 is 19.7 Å².